The van der Waals surface area contributed by atoms with Crippen molar-refractivity contribution in [3.05, 3.63) is 35.4 Å². The monoisotopic (exact) mass is 246 g/mol. The van der Waals surface area contributed by atoms with Crippen LogP contribution in [0.25, 0.3) is 0 Å². The maximum atomic E-state index is 12.3. The molecule has 2 nitrogen and oxygen atoms in total. The van der Waals surface area contributed by atoms with Crippen molar-refractivity contribution in [2.45, 2.75) is 31.9 Å². The number of carbonyl (C=O) groups is 1. The molecule has 17 heavy (non-hydrogen) atoms. The zero-order chi connectivity index (χ0) is 13.3. The lowest BCUT2D eigenvalue weighted by Crippen LogP contribution is -2.31. The van der Waals surface area contributed by atoms with Gasteiger partial charge in [0, 0.05) is 0 Å². The van der Waals surface area contributed by atoms with Gasteiger partial charge in [0.2, 0.25) is 0 Å². The first kappa shape index (κ1) is 13.5. The standard InChI is InChI=1S/C12H13F3O2/c1-3-11(2,10(16)17)8-4-6-9(7-5-8)12(13,14)15/h4-7H,3H2,1-2H3,(H,16,17). The van der Waals surface area contributed by atoms with Crippen molar-refractivity contribution in [1.29, 1.82) is 0 Å². The highest BCUT2D eigenvalue weighted by Gasteiger charge is 2.35. The third kappa shape index (κ3) is 2.60. The van der Waals surface area contributed by atoms with E-state index in [1.807, 2.05) is 0 Å². The van der Waals surface area contributed by atoms with Gasteiger partial charge in [-0.05, 0) is 31.0 Å². The van der Waals surface area contributed by atoms with Crippen molar-refractivity contribution in [2.75, 3.05) is 0 Å². The summed E-state index contributed by atoms with van der Waals surface area (Å²) in [6, 6.07) is 4.26. The zero-order valence-corrected chi connectivity index (χ0v) is 9.51. The second-order valence-electron chi connectivity index (χ2n) is 4.07. The molecule has 0 aliphatic rings. The number of halogens is 3. The van der Waals surface area contributed by atoms with Crippen LogP contribution in [0.3, 0.4) is 0 Å². The molecule has 0 heterocycles. The molecule has 94 valence electrons. The van der Waals surface area contributed by atoms with Gasteiger partial charge >= 0.3 is 12.1 Å². The Morgan fingerprint density at radius 1 is 1.18 bits per heavy atom. The van der Waals surface area contributed by atoms with Crippen molar-refractivity contribution >= 4 is 5.97 Å². The molecule has 1 N–H and O–H groups in total. The molecule has 0 aromatic heterocycles. The first-order valence-corrected chi connectivity index (χ1v) is 5.13. The van der Waals surface area contributed by atoms with E-state index in [2.05, 4.69) is 0 Å². The van der Waals surface area contributed by atoms with Crippen LogP contribution in [0.4, 0.5) is 13.2 Å². The molecule has 0 saturated heterocycles. The molecular formula is C12H13F3O2. The lowest BCUT2D eigenvalue weighted by Gasteiger charge is -2.23. The molecule has 1 unspecified atom stereocenters. The van der Waals surface area contributed by atoms with Gasteiger partial charge in [-0.2, -0.15) is 13.2 Å². The summed E-state index contributed by atoms with van der Waals surface area (Å²) in [6.07, 6.45) is -4.09. The zero-order valence-electron chi connectivity index (χ0n) is 9.51. The topological polar surface area (TPSA) is 37.3 Å². The molecule has 0 fully saturated rings. The number of hydrogen-bond donors (Lipinski definition) is 1. The summed E-state index contributed by atoms with van der Waals surface area (Å²) in [4.78, 5) is 11.1. The molecular weight excluding hydrogens is 233 g/mol. The van der Waals surface area contributed by atoms with Gasteiger partial charge in [-0.25, -0.2) is 0 Å². The number of hydrogen-bond acceptors (Lipinski definition) is 1. The van der Waals surface area contributed by atoms with Gasteiger partial charge in [-0.3, -0.25) is 4.79 Å². The summed E-state index contributed by atoms with van der Waals surface area (Å²) in [5.41, 5.74) is -1.55. The van der Waals surface area contributed by atoms with Crippen molar-refractivity contribution in [3.63, 3.8) is 0 Å². The van der Waals surface area contributed by atoms with E-state index < -0.39 is 23.1 Å². The first-order valence-electron chi connectivity index (χ1n) is 5.13. The maximum Gasteiger partial charge on any atom is 0.416 e. The highest BCUT2D eigenvalue weighted by atomic mass is 19.4. The lowest BCUT2D eigenvalue weighted by molar-refractivity contribution is -0.143. The van der Waals surface area contributed by atoms with E-state index in [1.54, 1.807) is 6.92 Å². The van der Waals surface area contributed by atoms with Crippen LogP contribution < -0.4 is 0 Å². The molecule has 1 atom stereocenters. The van der Waals surface area contributed by atoms with Gasteiger partial charge in [0.05, 0.1) is 11.0 Å². The molecule has 1 rings (SSSR count). The van der Waals surface area contributed by atoms with Gasteiger partial charge in [-0.15, -0.1) is 0 Å². The molecule has 0 aliphatic heterocycles. The largest absolute Gasteiger partial charge is 0.481 e. The summed E-state index contributed by atoms with van der Waals surface area (Å²) < 4.78 is 37.0. The minimum absolute atomic E-state index is 0.313. The number of benzene rings is 1. The summed E-state index contributed by atoms with van der Waals surface area (Å²) >= 11 is 0. The minimum Gasteiger partial charge on any atom is -0.481 e. The van der Waals surface area contributed by atoms with Crippen LogP contribution >= 0.6 is 0 Å². The highest BCUT2D eigenvalue weighted by molar-refractivity contribution is 5.80. The van der Waals surface area contributed by atoms with Gasteiger partial charge in [0.1, 0.15) is 0 Å². The number of aliphatic carboxylic acids is 1. The number of carboxylic acid groups (broad SMARTS) is 1. The van der Waals surface area contributed by atoms with Crippen LogP contribution in [0.15, 0.2) is 24.3 Å². The Morgan fingerprint density at radius 3 is 1.88 bits per heavy atom. The van der Waals surface area contributed by atoms with Gasteiger partial charge < -0.3 is 5.11 Å². The fraction of sp³-hybridized carbons (Fsp3) is 0.417. The minimum atomic E-state index is -4.40. The van der Waals surface area contributed by atoms with Crippen molar-refractivity contribution in [2.24, 2.45) is 0 Å². The third-order valence-electron chi connectivity index (χ3n) is 3.03. The molecule has 0 radical (unpaired) electrons. The SMILES string of the molecule is CCC(C)(C(=O)O)c1ccc(C(F)(F)F)cc1. The Labute approximate surface area is 97.1 Å². The summed E-state index contributed by atoms with van der Waals surface area (Å²) in [7, 11) is 0. The van der Waals surface area contributed by atoms with E-state index in [1.165, 1.54) is 19.1 Å². The summed E-state index contributed by atoms with van der Waals surface area (Å²) in [6.45, 7) is 3.18. The Hall–Kier alpha value is -1.52. The quantitative estimate of drug-likeness (QED) is 0.886. The first-order chi connectivity index (χ1) is 7.71. The molecule has 0 spiro atoms. The van der Waals surface area contributed by atoms with Crippen LogP contribution in [0.5, 0.6) is 0 Å². The number of carboxylic acids is 1. The molecule has 0 saturated carbocycles. The van der Waals surface area contributed by atoms with Crippen LogP contribution in [0, 0.1) is 0 Å². The molecule has 5 heteroatoms. The van der Waals surface area contributed by atoms with Gasteiger partial charge in [0.25, 0.3) is 0 Å². The Balaban J connectivity index is 3.14. The smallest absolute Gasteiger partial charge is 0.416 e. The molecule has 0 bridgehead atoms. The summed E-state index contributed by atoms with van der Waals surface area (Å²) in [5.74, 6) is -1.04. The average molecular weight is 246 g/mol. The van der Waals surface area contributed by atoms with Crippen molar-refractivity contribution < 1.29 is 23.1 Å². The van der Waals surface area contributed by atoms with Crippen molar-refractivity contribution in [1.82, 2.24) is 0 Å². The Kier molecular flexibility index (Phi) is 3.50. The predicted octanol–water partition coefficient (Wildman–Crippen LogP) is 3.46. The fourth-order valence-corrected chi connectivity index (χ4v) is 1.51. The van der Waals surface area contributed by atoms with E-state index in [9.17, 15) is 18.0 Å². The highest BCUT2D eigenvalue weighted by Crippen LogP contribution is 2.33. The van der Waals surface area contributed by atoms with Gasteiger partial charge in [0.15, 0.2) is 0 Å². The molecule has 1 aromatic rings. The normalized spacial score (nSPS) is 15.4. The van der Waals surface area contributed by atoms with Gasteiger partial charge in [-0.1, -0.05) is 19.1 Å². The van der Waals surface area contributed by atoms with Crippen LogP contribution in [-0.2, 0) is 16.4 Å². The fourth-order valence-electron chi connectivity index (χ4n) is 1.51. The molecule has 0 aliphatic carbocycles. The van der Waals surface area contributed by atoms with E-state index in [-0.39, 0.29) is 0 Å². The third-order valence-corrected chi connectivity index (χ3v) is 3.03. The second kappa shape index (κ2) is 4.39. The maximum absolute atomic E-state index is 12.3. The van der Waals surface area contributed by atoms with E-state index in [0.717, 1.165) is 12.1 Å². The lowest BCUT2D eigenvalue weighted by atomic mass is 9.80. The van der Waals surface area contributed by atoms with E-state index in [4.69, 9.17) is 5.11 Å². The Morgan fingerprint density at radius 2 is 1.59 bits per heavy atom. The van der Waals surface area contributed by atoms with Crippen molar-refractivity contribution in [3.8, 4) is 0 Å². The molecule has 1 aromatic carbocycles. The van der Waals surface area contributed by atoms with E-state index in [0.29, 0.717) is 12.0 Å². The van der Waals surface area contributed by atoms with Crippen LogP contribution in [0.1, 0.15) is 31.4 Å². The van der Waals surface area contributed by atoms with Crippen LogP contribution in [-0.4, -0.2) is 11.1 Å². The van der Waals surface area contributed by atoms with Crippen LogP contribution in [0.2, 0.25) is 0 Å². The Bertz CT molecular complexity index is 409. The molecule has 0 amide bonds. The second-order valence-corrected chi connectivity index (χ2v) is 4.07. The predicted molar refractivity (Wildman–Crippen MR) is 56.7 cm³/mol. The van der Waals surface area contributed by atoms with E-state index >= 15 is 0 Å². The summed E-state index contributed by atoms with van der Waals surface area (Å²) in [5, 5.41) is 9.09. The number of alkyl halides is 3. The number of rotatable bonds is 3. The average Bonchev–Trinajstić information content (AvgIpc) is 2.26.